The Morgan fingerprint density at radius 2 is 2.04 bits per heavy atom. The number of hydrogen-bond acceptors (Lipinski definition) is 4. The van der Waals surface area contributed by atoms with Crippen LogP contribution in [0.1, 0.15) is 32.1 Å². The number of nitrogens with one attached hydrogen (secondary N) is 2. The zero-order valence-electron chi connectivity index (χ0n) is 13.6. The number of carbonyl (C=O) groups is 1. The SMILES string of the molecule is COCCOc1c(Cl)cccc1NCC(=O)NC1CCCCC1. The molecule has 23 heavy (non-hydrogen) atoms. The number of anilines is 1. The zero-order chi connectivity index (χ0) is 16.5. The molecule has 6 heteroatoms. The molecule has 1 aromatic rings. The maximum atomic E-state index is 12.1. The first-order valence-corrected chi connectivity index (χ1v) is 8.52. The van der Waals surface area contributed by atoms with E-state index in [4.69, 9.17) is 21.1 Å². The molecule has 1 fully saturated rings. The maximum absolute atomic E-state index is 12.1. The number of hydrogen-bond donors (Lipinski definition) is 2. The summed E-state index contributed by atoms with van der Waals surface area (Å²) in [5.74, 6) is 0.552. The van der Waals surface area contributed by atoms with Crippen molar-refractivity contribution in [1.29, 1.82) is 0 Å². The molecule has 1 amide bonds. The number of methoxy groups -OCH3 is 1. The molecule has 5 nitrogen and oxygen atoms in total. The van der Waals surface area contributed by atoms with E-state index in [1.807, 2.05) is 12.1 Å². The third-order valence-corrected chi connectivity index (χ3v) is 4.21. The molecule has 128 valence electrons. The van der Waals surface area contributed by atoms with Gasteiger partial charge in [-0.3, -0.25) is 4.79 Å². The van der Waals surface area contributed by atoms with Crippen molar-refractivity contribution in [3.63, 3.8) is 0 Å². The van der Waals surface area contributed by atoms with Gasteiger partial charge in [0.05, 0.1) is 23.9 Å². The van der Waals surface area contributed by atoms with E-state index in [1.54, 1.807) is 13.2 Å². The smallest absolute Gasteiger partial charge is 0.239 e. The number of rotatable bonds is 8. The second-order valence-electron chi connectivity index (χ2n) is 5.71. The topological polar surface area (TPSA) is 59.6 Å². The Morgan fingerprint density at radius 3 is 2.78 bits per heavy atom. The van der Waals surface area contributed by atoms with E-state index in [0.717, 1.165) is 12.8 Å². The molecule has 0 heterocycles. The van der Waals surface area contributed by atoms with Crippen molar-refractivity contribution in [2.75, 3.05) is 32.2 Å². The van der Waals surface area contributed by atoms with Crippen molar-refractivity contribution < 1.29 is 14.3 Å². The van der Waals surface area contributed by atoms with Crippen LogP contribution in [0.4, 0.5) is 5.69 Å². The summed E-state index contributed by atoms with van der Waals surface area (Å²) in [5, 5.41) is 6.70. The third-order valence-electron chi connectivity index (χ3n) is 3.91. The van der Waals surface area contributed by atoms with Crippen LogP contribution < -0.4 is 15.4 Å². The van der Waals surface area contributed by atoms with Gasteiger partial charge >= 0.3 is 0 Å². The van der Waals surface area contributed by atoms with Gasteiger partial charge in [0, 0.05) is 13.2 Å². The highest BCUT2D eigenvalue weighted by Crippen LogP contribution is 2.32. The van der Waals surface area contributed by atoms with Gasteiger partial charge in [-0.25, -0.2) is 0 Å². The molecule has 1 aliphatic carbocycles. The fraction of sp³-hybridized carbons (Fsp3) is 0.588. The van der Waals surface area contributed by atoms with Gasteiger partial charge in [-0.15, -0.1) is 0 Å². The Bertz CT molecular complexity index is 505. The van der Waals surface area contributed by atoms with Crippen LogP contribution in [0.15, 0.2) is 18.2 Å². The predicted octanol–water partition coefficient (Wildman–Crippen LogP) is 3.23. The molecule has 0 bridgehead atoms. The molecule has 0 aliphatic heterocycles. The van der Waals surface area contributed by atoms with Crippen LogP contribution >= 0.6 is 11.6 Å². The minimum atomic E-state index is -0.000262. The van der Waals surface area contributed by atoms with Crippen molar-refractivity contribution in [2.45, 2.75) is 38.1 Å². The summed E-state index contributed by atoms with van der Waals surface area (Å²) in [6.45, 7) is 1.09. The van der Waals surface area contributed by atoms with Gasteiger partial charge in [0.1, 0.15) is 6.61 Å². The summed E-state index contributed by atoms with van der Waals surface area (Å²) < 4.78 is 10.6. The number of ether oxygens (including phenoxy) is 2. The number of halogens is 1. The van der Waals surface area contributed by atoms with Gasteiger partial charge in [0.2, 0.25) is 5.91 Å². The fourth-order valence-electron chi connectivity index (χ4n) is 2.72. The van der Waals surface area contributed by atoms with Crippen LogP contribution in [0.25, 0.3) is 0 Å². The minimum Gasteiger partial charge on any atom is -0.487 e. The van der Waals surface area contributed by atoms with Crippen LogP contribution in [-0.4, -0.2) is 38.8 Å². The first-order valence-electron chi connectivity index (χ1n) is 8.14. The van der Waals surface area contributed by atoms with E-state index < -0.39 is 0 Å². The van der Waals surface area contributed by atoms with Gasteiger partial charge in [0.15, 0.2) is 5.75 Å². The first kappa shape index (κ1) is 17.9. The molecule has 0 atom stereocenters. The summed E-state index contributed by atoms with van der Waals surface area (Å²) in [7, 11) is 1.62. The standard InChI is InChI=1S/C17H25ClN2O3/c1-22-10-11-23-17-14(18)8-5-9-15(17)19-12-16(21)20-13-6-3-2-4-7-13/h5,8-9,13,19H,2-4,6-7,10-12H2,1H3,(H,20,21). The molecule has 0 spiro atoms. The molecule has 1 aromatic carbocycles. The summed E-state index contributed by atoms with van der Waals surface area (Å²) in [6.07, 6.45) is 5.83. The van der Waals surface area contributed by atoms with Gasteiger partial charge in [-0.1, -0.05) is 36.9 Å². The van der Waals surface area contributed by atoms with E-state index in [2.05, 4.69) is 10.6 Å². The van der Waals surface area contributed by atoms with Gasteiger partial charge in [-0.05, 0) is 25.0 Å². The molecule has 0 saturated heterocycles. The molecule has 0 unspecified atom stereocenters. The number of para-hydroxylation sites is 1. The number of amides is 1. The Morgan fingerprint density at radius 1 is 1.26 bits per heavy atom. The molecule has 0 aromatic heterocycles. The van der Waals surface area contributed by atoms with Crippen LogP contribution in [-0.2, 0) is 9.53 Å². The maximum Gasteiger partial charge on any atom is 0.239 e. The van der Waals surface area contributed by atoms with Crippen molar-refractivity contribution in [3.05, 3.63) is 23.2 Å². The van der Waals surface area contributed by atoms with Crippen molar-refractivity contribution in [3.8, 4) is 5.75 Å². The van der Waals surface area contributed by atoms with Gasteiger partial charge in [0.25, 0.3) is 0 Å². The molecule has 1 saturated carbocycles. The molecular formula is C17H25ClN2O3. The highest BCUT2D eigenvalue weighted by atomic mass is 35.5. The Hall–Kier alpha value is -1.46. The second-order valence-corrected chi connectivity index (χ2v) is 6.12. The van der Waals surface area contributed by atoms with Crippen molar-refractivity contribution in [2.24, 2.45) is 0 Å². The Balaban J connectivity index is 1.86. The lowest BCUT2D eigenvalue weighted by Crippen LogP contribution is -2.39. The lowest BCUT2D eigenvalue weighted by atomic mass is 9.95. The quantitative estimate of drug-likeness (QED) is 0.713. The molecule has 1 aliphatic rings. The van der Waals surface area contributed by atoms with Crippen molar-refractivity contribution >= 4 is 23.2 Å². The minimum absolute atomic E-state index is 0.000262. The monoisotopic (exact) mass is 340 g/mol. The van der Waals surface area contributed by atoms with Crippen LogP contribution in [0.5, 0.6) is 5.75 Å². The lowest BCUT2D eigenvalue weighted by molar-refractivity contribution is -0.120. The largest absolute Gasteiger partial charge is 0.487 e. The van der Waals surface area contributed by atoms with Gasteiger partial charge < -0.3 is 20.1 Å². The van der Waals surface area contributed by atoms with Crippen LogP contribution in [0.3, 0.4) is 0 Å². The molecule has 2 N–H and O–H groups in total. The van der Waals surface area contributed by atoms with E-state index in [9.17, 15) is 4.79 Å². The second kappa shape index (κ2) is 9.63. The summed E-state index contributed by atoms with van der Waals surface area (Å²) >= 11 is 6.17. The average Bonchev–Trinajstić information content (AvgIpc) is 2.56. The van der Waals surface area contributed by atoms with Crippen LogP contribution in [0, 0.1) is 0 Å². The van der Waals surface area contributed by atoms with E-state index in [-0.39, 0.29) is 12.5 Å². The average molecular weight is 341 g/mol. The first-order chi connectivity index (χ1) is 11.2. The molecular weight excluding hydrogens is 316 g/mol. The number of benzene rings is 1. The fourth-order valence-corrected chi connectivity index (χ4v) is 2.95. The summed E-state index contributed by atoms with van der Waals surface area (Å²) in [5.41, 5.74) is 0.715. The zero-order valence-corrected chi connectivity index (χ0v) is 14.3. The highest BCUT2D eigenvalue weighted by molar-refractivity contribution is 6.32. The van der Waals surface area contributed by atoms with E-state index in [1.165, 1.54) is 19.3 Å². The number of carbonyl (C=O) groups excluding carboxylic acids is 1. The Kier molecular flexibility index (Phi) is 7.49. The third kappa shape index (κ3) is 5.92. The predicted molar refractivity (Wildman–Crippen MR) is 92.3 cm³/mol. The summed E-state index contributed by atoms with van der Waals surface area (Å²) in [4.78, 5) is 12.1. The van der Waals surface area contributed by atoms with Crippen molar-refractivity contribution in [1.82, 2.24) is 5.32 Å². The van der Waals surface area contributed by atoms with E-state index in [0.29, 0.717) is 35.7 Å². The normalized spacial score (nSPS) is 15.2. The van der Waals surface area contributed by atoms with E-state index >= 15 is 0 Å². The van der Waals surface area contributed by atoms with Gasteiger partial charge in [-0.2, -0.15) is 0 Å². The highest BCUT2D eigenvalue weighted by Gasteiger charge is 2.16. The molecule has 2 rings (SSSR count). The lowest BCUT2D eigenvalue weighted by Gasteiger charge is -2.23. The Labute approximate surface area is 142 Å². The van der Waals surface area contributed by atoms with Crippen LogP contribution in [0.2, 0.25) is 5.02 Å². The summed E-state index contributed by atoms with van der Waals surface area (Å²) in [6, 6.07) is 5.75. The molecule has 0 radical (unpaired) electrons.